The van der Waals surface area contributed by atoms with E-state index < -0.39 is 0 Å². The minimum atomic E-state index is -0.0799. The first-order valence-electron chi connectivity index (χ1n) is 9.01. The predicted molar refractivity (Wildman–Crippen MR) is 100.0 cm³/mol. The van der Waals surface area contributed by atoms with Crippen molar-refractivity contribution >= 4 is 5.91 Å². The molecule has 7 nitrogen and oxygen atoms in total. The highest BCUT2D eigenvalue weighted by atomic mass is 16.5. The van der Waals surface area contributed by atoms with Gasteiger partial charge in [0, 0.05) is 25.4 Å². The Morgan fingerprint density at radius 2 is 2.11 bits per heavy atom. The maximum Gasteiger partial charge on any atom is 0.254 e. The van der Waals surface area contributed by atoms with E-state index in [1.807, 2.05) is 42.5 Å². The van der Waals surface area contributed by atoms with Gasteiger partial charge in [-0.25, -0.2) is 0 Å². The third-order valence-electron chi connectivity index (χ3n) is 4.77. The van der Waals surface area contributed by atoms with Crippen molar-refractivity contribution in [1.82, 2.24) is 25.3 Å². The minimum absolute atomic E-state index is 0.0799. The number of pyridine rings is 1. The molecule has 3 heterocycles. The monoisotopic (exact) mass is 363 g/mol. The summed E-state index contributed by atoms with van der Waals surface area (Å²) in [5, 5.41) is 7.30. The molecular formula is C20H21N5O2. The molecule has 0 aliphatic carbocycles. The fourth-order valence-corrected chi connectivity index (χ4v) is 3.25. The van der Waals surface area contributed by atoms with E-state index in [4.69, 9.17) is 4.52 Å². The van der Waals surface area contributed by atoms with Crippen LogP contribution in [0.25, 0.3) is 11.5 Å². The molecule has 1 fully saturated rings. The van der Waals surface area contributed by atoms with E-state index >= 15 is 0 Å². The van der Waals surface area contributed by atoms with Crippen molar-refractivity contribution in [2.24, 2.45) is 0 Å². The Labute approximate surface area is 157 Å². The summed E-state index contributed by atoms with van der Waals surface area (Å²) in [5.74, 6) is 1.25. The van der Waals surface area contributed by atoms with Gasteiger partial charge in [-0.15, -0.1) is 0 Å². The van der Waals surface area contributed by atoms with Crippen LogP contribution in [0.1, 0.15) is 34.2 Å². The SMILES string of the molecule is CN(Cc1nc(-c2ccccn2)no1)C(=O)c1ccc(C2CCNC2)cc1. The van der Waals surface area contributed by atoms with Gasteiger partial charge in [-0.05, 0) is 48.7 Å². The maximum absolute atomic E-state index is 12.7. The number of rotatable bonds is 5. The minimum Gasteiger partial charge on any atom is -0.337 e. The molecule has 0 saturated carbocycles. The van der Waals surface area contributed by atoms with E-state index in [1.54, 1.807) is 18.1 Å². The van der Waals surface area contributed by atoms with Crippen molar-refractivity contribution in [2.45, 2.75) is 18.9 Å². The van der Waals surface area contributed by atoms with Crippen LogP contribution in [0.2, 0.25) is 0 Å². The first-order valence-corrected chi connectivity index (χ1v) is 9.01. The van der Waals surface area contributed by atoms with E-state index in [0.29, 0.717) is 28.9 Å². The summed E-state index contributed by atoms with van der Waals surface area (Å²) < 4.78 is 5.26. The van der Waals surface area contributed by atoms with Gasteiger partial charge < -0.3 is 14.7 Å². The quantitative estimate of drug-likeness (QED) is 0.750. The van der Waals surface area contributed by atoms with Gasteiger partial charge in [-0.1, -0.05) is 23.4 Å². The molecule has 1 atom stereocenters. The normalized spacial score (nSPS) is 16.4. The molecule has 1 aliphatic heterocycles. The molecule has 2 aromatic heterocycles. The summed E-state index contributed by atoms with van der Waals surface area (Å²) in [6.45, 7) is 2.30. The van der Waals surface area contributed by atoms with Crippen molar-refractivity contribution in [3.8, 4) is 11.5 Å². The third-order valence-corrected chi connectivity index (χ3v) is 4.77. The molecule has 1 amide bonds. The maximum atomic E-state index is 12.7. The van der Waals surface area contributed by atoms with Gasteiger partial charge in [-0.2, -0.15) is 4.98 Å². The molecule has 1 aliphatic rings. The van der Waals surface area contributed by atoms with Gasteiger partial charge in [0.15, 0.2) is 0 Å². The molecular weight excluding hydrogens is 342 g/mol. The number of hydrogen-bond donors (Lipinski definition) is 1. The lowest BCUT2D eigenvalue weighted by atomic mass is 9.97. The molecule has 1 N–H and O–H groups in total. The molecule has 1 unspecified atom stereocenters. The summed E-state index contributed by atoms with van der Waals surface area (Å²) in [7, 11) is 1.72. The van der Waals surface area contributed by atoms with Crippen LogP contribution in [-0.2, 0) is 6.54 Å². The number of carbonyl (C=O) groups excluding carboxylic acids is 1. The highest BCUT2D eigenvalue weighted by Gasteiger charge is 2.19. The summed E-state index contributed by atoms with van der Waals surface area (Å²) in [6, 6.07) is 13.4. The summed E-state index contributed by atoms with van der Waals surface area (Å²) in [6.07, 6.45) is 2.81. The summed E-state index contributed by atoms with van der Waals surface area (Å²) >= 11 is 0. The Morgan fingerprint density at radius 3 is 2.81 bits per heavy atom. The average molecular weight is 363 g/mol. The van der Waals surface area contributed by atoms with Crippen molar-refractivity contribution in [1.29, 1.82) is 0 Å². The van der Waals surface area contributed by atoms with Crippen molar-refractivity contribution < 1.29 is 9.32 Å². The Kier molecular flexibility index (Phi) is 4.93. The fourth-order valence-electron chi connectivity index (χ4n) is 3.25. The van der Waals surface area contributed by atoms with Gasteiger partial charge in [0.25, 0.3) is 5.91 Å². The van der Waals surface area contributed by atoms with E-state index in [0.717, 1.165) is 19.5 Å². The Morgan fingerprint density at radius 1 is 1.26 bits per heavy atom. The van der Waals surface area contributed by atoms with E-state index in [9.17, 15) is 4.79 Å². The zero-order valence-corrected chi connectivity index (χ0v) is 15.1. The fraction of sp³-hybridized carbons (Fsp3) is 0.300. The number of aromatic nitrogens is 3. The molecule has 3 aromatic rings. The zero-order valence-electron chi connectivity index (χ0n) is 15.1. The molecule has 4 rings (SSSR count). The molecule has 1 saturated heterocycles. The van der Waals surface area contributed by atoms with Gasteiger partial charge in [0.1, 0.15) is 5.69 Å². The zero-order chi connectivity index (χ0) is 18.6. The summed E-state index contributed by atoms with van der Waals surface area (Å²) in [5.41, 5.74) is 2.56. The highest BCUT2D eigenvalue weighted by Crippen LogP contribution is 2.23. The number of carbonyl (C=O) groups is 1. The van der Waals surface area contributed by atoms with Crippen molar-refractivity contribution in [3.05, 3.63) is 65.7 Å². The van der Waals surface area contributed by atoms with Crippen LogP contribution in [0.3, 0.4) is 0 Å². The lowest BCUT2D eigenvalue weighted by Crippen LogP contribution is -2.26. The Bertz CT molecular complexity index is 902. The highest BCUT2D eigenvalue weighted by molar-refractivity contribution is 5.94. The number of hydrogen-bond acceptors (Lipinski definition) is 6. The molecule has 0 radical (unpaired) electrons. The first kappa shape index (κ1) is 17.4. The molecule has 7 heteroatoms. The van der Waals surface area contributed by atoms with Crippen molar-refractivity contribution in [2.75, 3.05) is 20.1 Å². The number of benzene rings is 1. The number of nitrogens with one attached hydrogen (secondary N) is 1. The smallest absolute Gasteiger partial charge is 0.254 e. The van der Waals surface area contributed by atoms with E-state index in [1.165, 1.54) is 5.56 Å². The van der Waals surface area contributed by atoms with Crippen LogP contribution in [0.5, 0.6) is 0 Å². The average Bonchev–Trinajstić information content (AvgIpc) is 3.40. The standard InChI is InChI=1S/C20H21N5O2/c1-25(13-18-23-19(24-27-18)17-4-2-3-10-22-17)20(26)15-7-5-14(6-8-15)16-9-11-21-12-16/h2-8,10,16,21H,9,11-13H2,1H3. The largest absolute Gasteiger partial charge is 0.337 e. The summed E-state index contributed by atoms with van der Waals surface area (Å²) in [4.78, 5) is 22.8. The number of amides is 1. The molecule has 0 spiro atoms. The van der Waals surface area contributed by atoms with Crippen LogP contribution >= 0.6 is 0 Å². The predicted octanol–water partition coefficient (Wildman–Crippen LogP) is 2.48. The second kappa shape index (κ2) is 7.67. The van der Waals surface area contributed by atoms with Gasteiger partial charge in [0.2, 0.25) is 11.7 Å². The van der Waals surface area contributed by atoms with E-state index in [2.05, 4.69) is 20.4 Å². The number of nitrogens with zero attached hydrogens (tertiary/aromatic N) is 4. The van der Waals surface area contributed by atoms with Crippen molar-refractivity contribution in [3.63, 3.8) is 0 Å². The third kappa shape index (κ3) is 3.88. The van der Waals surface area contributed by atoms with Gasteiger partial charge in [0.05, 0.1) is 6.54 Å². The van der Waals surface area contributed by atoms with E-state index in [-0.39, 0.29) is 12.5 Å². The molecule has 27 heavy (non-hydrogen) atoms. The molecule has 0 bridgehead atoms. The second-order valence-electron chi connectivity index (χ2n) is 6.70. The topological polar surface area (TPSA) is 84.2 Å². The molecule has 1 aromatic carbocycles. The van der Waals surface area contributed by atoms with Gasteiger partial charge in [-0.3, -0.25) is 9.78 Å². The molecule has 138 valence electrons. The Hall–Kier alpha value is -3.06. The lowest BCUT2D eigenvalue weighted by Gasteiger charge is -2.15. The Balaban J connectivity index is 1.41. The van der Waals surface area contributed by atoms with Crippen LogP contribution in [0, 0.1) is 0 Å². The van der Waals surface area contributed by atoms with Crippen LogP contribution in [0.15, 0.2) is 53.2 Å². The second-order valence-corrected chi connectivity index (χ2v) is 6.70. The van der Waals surface area contributed by atoms with Crippen LogP contribution < -0.4 is 5.32 Å². The lowest BCUT2D eigenvalue weighted by molar-refractivity contribution is 0.0769. The van der Waals surface area contributed by atoms with Crippen LogP contribution in [-0.4, -0.2) is 46.1 Å². The first-order chi connectivity index (χ1) is 13.2. The van der Waals surface area contributed by atoms with Gasteiger partial charge >= 0.3 is 0 Å². The van der Waals surface area contributed by atoms with Crippen LogP contribution in [0.4, 0.5) is 0 Å².